The molecule has 0 amide bonds. The molecule has 0 radical (unpaired) electrons. The molecule has 2 aromatic heterocycles. The zero-order valence-electron chi connectivity index (χ0n) is 7.97. The molecule has 0 bridgehead atoms. The van der Waals surface area contributed by atoms with Crippen LogP contribution in [0.5, 0.6) is 0 Å². The summed E-state index contributed by atoms with van der Waals surface area (Å²) in [4.78, 5) is 18.9. The summed E-state index contributed by atoms with van der Waals surface area (Å²) < 4.78 is 0. The standard InChI is InChI=1S/C10H8N2O2S/c1-6-12-9(5-15-6)7-2-8(10(13)14)4-11-3-7/h2-5H,1H3,(H,13,14). The lowest BCUT2D eigenvalue weighted by Crippen LogP contribution is -1.97. The first-order chi connectivity index (χ1) is 7.16. The van der Waals surface area contributed by atoms with E-state index in [2.05, 4.69) is 9.97 Å². The Hall–Kier alpha value is -1.75. The fourth-order valence-corrected chi connectivity index (χ4v) is 1.82. The highest BCUT2D eigenvalue weighted by Crippen LogP contribution is 2.21. The number of aromatic nitrogens is 2. The van der Waals surface area contributed by atoms with Gasteiger partial charge in [0.1, 0.15) is 0 Å². The first-order valence-corrected chi connectivity index (χ1v) is 5.15. The average Bonchev–Trinajstić information content (AvgIpc) is 2.65. The maximum absolute atomic E-state index is 10.7. The highest BCUT2D eigenvalue weighted by molar-refractivity contribution is 7.09. The topological polar surface area (TPSA) is 63.1 Å². The van der Waals surface area contributed by atoms with Crippen LogP contribution >= 0.6 is 11.3 Å². The van der Waals surface area contributed by atoms with Crippen molar-refractivity contribution in [3.63, 3.8) is 0 Å². The Bertz CT molecular complexity index is 508. The van der Waals surface area contributed by atoms with Gasteiger partial charge in [-0.25, -0.2) is 9.78 Å². The van der Waals surface area contributed by atoms with Gasteiger partial charge in [-0.1, -0.05) is 0 Å². The minimum atomic E-state index is -0.976. The molecule has 2 rings (SSSR count). The Morgan fingerprint density at radius 2 is 2.27 bits per heavy atom. The molecule has 0 atom stereocenters. The van der Waals surface area contributed by atoms with Gasteiger partial charge in [-0.3, -0.25) is 4.98 Å². The van der Waals surface area contributed by atoms with Crippen molar-refractivity contribution in [2.24, 2.45) is 0 Å². The number of rotatable bonds is 2. The summed E-state index contributed by atoms with van der Waals surface area (Å²) in [6.07, 6.45) is 2.94. The van der Waals surface area contributed by atoms with E-state index in [-0.39, 0.29) is 5.56 Å². The van der Waals surface area contributed by atoms with Crippen LogP contribution in [0, 0.1) is 6.92 Å². The smallest absolute Gasteiger partial charge is 0.337 e. The average molecular weight is 220 g/mol. The summed E-state index contributed by atoms with van der Waals surface area (Å²) in [6.45, 7) is 1.91. The molecule has 4 nitrogen and oxygen atoms in total. The number of carbonyl (C=O) groups is 1. The monoisotopic (exact) mass is 220 g/mol. The maximum atomic E-state index is 10.7. The zero-order valence-corrected chi connectivity index (χ0v) is 8.78. The van der Waals surface area contributed by atoms with Gasteiger partial charge in [-0.2, -0.15) is 0 Å². The van der Waals surface area contributed by atoms with E-state index in [4.69, 9.17) is 5.11 Å². The van der Waals surface area contributed by atoms with Crippen molar-refractivity contribution in [2.75, 3.05) is 0 Å². The fraction of sp³-hybridized carbons (Fsp3) is 0.100. The molecule has 2 heterocycles. The Morgan fingerprint density at radius 3 is 2.87 bits per heavy atom. The van der Waals surface area contributed by atoms with Gasteiger partial charge in [0, 0.05) is 23.3 Å². The number of carboxylic acid groups (broad SMARTS) is 1. The summed E-state index contributed by atoms with van der Waals surface area (Å²) >= 11 is 1.53. The van der Waals surface area contributed by atoms with Gasteiger partial charge < -0.3 is 5.11 Å². The van der Waals surface area contributed by atoms with Crippen molar-refractivity contribution in [1.29, 1.82) is 0 Å². The quantitative estimate of drug-likeness (QED) is 0.842. The Balaban J connectivity index is 2.45. The minimum Gasteiger partial charge on any atom is -0.478 e. The molecule has 0 saturated carbocycles. The molecular weight excluding hydrogens is 212 g/mol. The third-order valence-corrected chi connectivity index (χ3v) is 2.67. The van der Waals surface area contributed by atoms with Gasteiger partial charge in [0.25, 0.3) is 0 Å². The van der Waals surface area contributed by atoms with Crippen LogP contribution < -0.4 is 0 Å². The van der Waals surface area contributed by atoms with E-state index < -0.39 is 5.97 Å². The number of hydrogen-bond acceptors (Lipinski definition) is 4. The van der Waals surface area contributed by atoms with E-state index in [1.54, 1.807) is 12.3 Å². The summed E-state index contributed by atoms with van der Waals surface area (Å²) in [5.41, 5.74) is 1.69. The van der Waals surface area contributed by atoms with Crippen molar-refractivity contribution in [2.45, 2.75) is 6.92 Å². The second-order valence-electron chi connectivity index (χ2n) is 3.02. The zero-order chi connectivity index (χ0) is 10.8. The van der Waals surface area contributed by atoms with Crippen LogP contribution in [0.15, 0.2) is 23.8 Å². The van der Waals surface area contributed by atoms with E-state index in [0.29, 0.717) is 0 Å². The molecule has 76 valence electrons. The summed E-state index contributed by atoms with van der Waals surface area (Å²) in [5.74, 6) is -0.976. The highest BCUT2D eigenvalue weighted by Gasteiger charge is 2.07. The van der Waals surface area contributed by atoms with E-state index >= 15 is 0 Å². The number of nitrogens with zero attached hydrogens (tertiary/aromatic N) is 2. The van der Waals surface area contributed by atoms with Crippen molar-refractivity contribution < 1.29 is 9.90 Å². The van der Waals surface area contributed by atoms with E-state index in [1.807, 2.05) is 12.3 Å². The van der Waals surface area contributed by atoms with Crippen molar-refractivity contribution in [3.8, 4) is 11.3 Å². The minimum absolute atomic E-state index is 0.179. The molecule has 1 N–H and O–H groups in total. The molecule has 0 aliphatic rings. The number of hydrogen-bond donors (Lipinski definition) is 1. The predicted octanol–water partition coefficient (Wildman–Crippen LogP) is 2.21. The van der Waals surface area contributed by atoms with Crippen molar-refractivity contribution in [3.05, 3.63) is 34.4 Å². The molecule has 15 heavy (non-hydrogen) atoms. The second-order valence-corrected chi connectivity index (χ2v) is 4.08. The second kappa shape index (κ2) is 3.78. The lowest BCUT2D eigenvalue weighted by atomic mass is 10.2. The summed E-state index contributed by atoms with van der Waals surface area (Å²) in [7, 11) is 0. The van der Waals surface area contributed by atoms with Crippen LogP contribution in [0.4, 0.5) is 0 Å². The van der Waals surface area contributed by atoms with Gasteiger partial charge in [-0.15, -0.1) is 11.3 Å². The van der Waals surface area contributed by atoms with E-state index in [9.17, 15) is 4.79 Å². The normalized spacial score (nSPS) is 10.2. The van der Waals surface area contributed by atoms with Crippen LogP contribution in [0.25, 0.3) is 11.3 Å². The number of aryl methyl sites for hydroxylation is 1. The van der Waals surface area contributed by atoms with Crippen LogP contribution in [-0.4, -0.2) is 21.0 Å². The molecule has 0 saturated heterocycles. The van der Waals surface area contributed by atoms with Gasteiger partial charge >= 0.3 is 5.97 Å². The van der Waals surface area contributed by atoms with Crippen LogP contribution in [0.1, 0.15) is 15.4 Å². The van der Waals surface area contributed by atoms with Gasteiger partial charge in [0.15, 0.2) is 0 Å². The number of pyridine rings is 1. The van der Waals surface area contributed by atoms with Crippen molar-refractivity contribution >= 4 is 17.3 Å². The maximum Gasteiger partial charge on any atom is 0.337 e. The first kappa shape index (κ1) is 9.79. The third-order valence-electron chi connectivity index (χ3n) is 1.90. The molecule has 0 spiro atoms. The van der Waals surface area contributed by atoms with Crippen LogP contribution in [-0.2, 0) is 0 Å². The number of carboxylic acids is 1. The number of aromatic carboxylic acids is 1. The van der Waals surface area contributed by atoms with Gasteiger partial charge in [0.05, 0.1) is 16.3 Å². The molecular formula is C10H8N2O2S. The molecule has 2 aromatic rings. The molecule has 0 aliphatic carbocycles. The van der Waals surface area contributed by atoms with Crippen LogP contribution in [0.3, 0.4) is 0 Å². The molecule has 0 aliphatic heterocycles. The van der Waals surface area contributed by atoms with E-state index in [0.717, 1.165) is 16.3 Å². The molecule has 0 unspecified atom stereocenters. The van der Waals surface area contributed by atoms with E-state index in [1.165, 1.54) is 17.5 Å². The lowest BCUT2D eigenvalue weighted by Gasteiger charge is -1.97. The molecule has 5 heteroatoms. The largest absolute Gasteiger partial charge is 0.478 e. The molecule has 0 aromatic carbocycles. The highest BCUT2D eigenvalue weighted by atomic mass is 32.1. The number of thiazole rings is 1. The SMILES string of the molecule is Cc1nc(-c2cncc(C(=O)O)c2)cs1. The van der Waals surface area contributed by atoms with Crippen molar-refractivity contribution in [1.82, 2.24) is 9.97 Å². The predicted molar refractivity (Wildman–Crippen MR) is 57.0 cm³/mol. The Kier molecular flexibility index (Phi) is 2.47. The lowest BCUT2D eigenvalue weighted by molar-refractivity contribution is 0.0696. The van der Waals surface area contributed by atoms with Gasteiger partial charge in [0.2, 0.25) is 0 Å². The summed E-state index contributed by atoms with van der Waals surface area (Å²) in [6, 6.07) is 1.57. The third kappa shape index (κ3) is 2.02. The van der Waals surface area contributed by atoms with Crippen LogP contribution in [0.2, 0.25) is 0 Å². The fourth-order valence-electron chi connectivity index (χ4n) is 1.19. The first-order valence-electron chi connectivity index (χ1n) is 4.27. The Morgan fingerprint density at radius 1 is 1.47 bits per heavy atom. The summed E-state index contributed by atoms with van der Waals surface area (Å²) in [5, 5.41) is 11.6. The van der Waals surface area contributed by atoms with Gasteiger partial charge in [-0.05, 0) is 13.0 Å². The Labute approximate surface area is 90.3 Å². The molecule has 0 fully saturated rings.